The molecule has 0 radical (unpaired) electrons. The summed E-state index contributed by atoms with van der Waals surface area (Å²) < 4.78 is 56.8. The van der Waals surface area contributed by atoms with Crippen LogP contribution in [0.15, 0.2) is 78.0 Å². The van der Waals surface area contributed by atoms with E-state index in [0.29, 0.717) is 23.1 Å². The predicted molar refractivity (Wildman–Crippen MR) is 171 cm³/mol. The SMILES string of the molecule is CC(C)c1cc(F)ccc1N1C(=NC(=O)CC2CC2c2ccc(-c3ncn(-c4ccc(OC(F)(F)F)cc4)n3)cc2)SCCC1C. The lowest BCUT2D eigenvalue weighted by Crippen LogP contribution is -2.42. The molecular weight excluding hydrogens is 618 g/mol. The number of hydrogen-bond donors (Lipinski definition) is 0. The Hall–Kier alpha value is -4.19. The molecular formula is C34H33F4N5O2S. The molecule has 1 saturated carbocycles. The van der Waals surface area contributed by atoms with Crippen LogP contribution in [0.3, 0.4) is 0 Å². The molecule has 4 aromatic rings. The molecule has 240 valence electrons. The summed E-state index contributed by atoms with van der Waals surface area (Å²) in [5.41, 5.74) is 4.27. The summed E-state index contributed by atoms with van der Waals surface area (Å²) in [4.78, 5) is 24.2. The zero-order valence-electron chi connectivity index (χ0n) is 25.5. The number of ether oxygens (including phenoxy) is 1. The minimum atomic E-state index is -4.75. The van der Waals surface area contributed by atoms with Gasteiger partial charge in [-0.3, -0.25) is 4.79 Å². The lowest BCUT2D eigenvalue weighted by Gasteiger charge is -2.37. The second-order valence-corrected chi connectivity index (χ2v) is 13.0. The molecule has 12 heteroatoms. The fourth-order valence-electron chi connectivity index (χ4n) is 5.80. The number of rotatable bonds is 8. The molecule has 0 spiro atoms. The van der Waals surface area contributed by atoms with Crippen molar-refractivity contribution in [3.8, 4) is 22.8 Å². The number of aliphatic imine (C=N–C) groups is 1. The van der Waals surface area contributed by atoms with Crippen molar-refractivity contribution < 1.29 is 27.1 Å². The van der Waals surface area contributed by atoms with E-state index in [-0.39, 0.29) is 41.3 Å². The number of halogens is 4. The van der Waals surface area contributed by atoms with Crippen molar-refractivity contribution in [3.05, 3.63) is 90.0 Å². The third kappa shape index (κ3) is 7.27. The fraction of sp³-hybridized carbons (Fsp3) is 0.353. The van der Waals surface area contributed by atoms with Crippen molar-refractivity contribution in [2.75, 3.05) is 10.7 Å². The number of anilines is 1. The van der Waals surface area contributed by atoms with Gasteiger partial charge in [-0.15, -0.1) is 18.3 Å². The van der Waals surface area contributed by atoms with Crippen molar-refractivity contribution in [2.45, 2.75) is 64.3 Å². The fourth-order valence-corrected chi connectivity index (χ4v) is 7.02. The summed E-state index contributed by atoms with van der Waals surface area (Å²) in [5, 5.41) is 5.14. The Morgan fingerprint density at radius 3 is 2.52 bits per heavy atom. The number of benzene rings is 3. The third-order valence-electron chi connectivity index (χ3n) is 8.29. The second kappa shape index (κ2) is 12.9. The molecule has 6 rings (SSSR count). The van der Waals surface area contributed by atoms with E-state index in [1.165, 1.54) is 41.3 Å². The molecule has 1 amide bonds. The maximum atomic E-state index is 14.1. The first-order chi connectivity index (χ1) is 21.9. The van der Waals surface area contributed by atoms with Crippen LogP contribution in [0.25, 0.3) is 17.1 Å². The van der Waals surface area contributed by atoms with Gasteiger partial charge in [-0.05, 0) is 91.1 Å². The Balaban J connectivity index is 1.09. The normalized spacial score (nSPS) is 20.7. The highest BCUT2D eigenvalue weighted by atomic mass is 32.2. The Bertz CT molecular complexity index is 1740. The Morgan fingerprint density at radius 1 is 1.09 bits per heavy atom. The number of thioether (sulfide) groups is 1. The summed E-state index contributed by atoms with van der Waals surface area (Å²) in [6.45, 7) is 6.18. The van der Waals surface area contributed by atoms with Gasteiger partial charge < -0.3 is 9.64 Å². The van der Waals surface area contributed by atoms with Crippen molar-refractivity contribution in [1.29, 1.82) is 0 Å². The maximum Gasteiger partial charge on any atom is 0.573 e. The number of amidine groups is 1. The van der Waals surface area contributed by atoms with Crippen LogP contribution in [0, 0.1) is 11.7 Å². The predicted octanol–water partition coefficient (Wildman–Crippen LogP) is 8.50. The first-order valence-corrected chi connectivity index (χ1v) is 16.1. The molecule has 3 atom stereocenters. The molecule has 0 bridgehead atoms. The molecule has 1 saturated heterocycles. The van der Waals surface area contributed by atoms with E-state index in [4.69, 9.17) is 0 Å². The zero-order chi connectivity index (χ0) is 32.6. The standard InChI is InChI=1S/C34H33F4N5O2S/c1-20(2)28-18-25(35)8-13-30(28)43-21(3)14-15-46-33(43)40-31(44)17-24-16-29(24)22-4-6-23(7-5-22)32-39-19-42(41-32)26-9-11-27(12-10-26)45-34(36,37)38/h4-13,18-21,24,29H,14-17H2,1-3H3. The highest BCUT2D eigenvalue weighted by Crippen LogP contribution is 2.50. The van der Waals surface area contributed by atoms with Crippen LogP contribution in [0.1, 0.15) is 63.0 Å². The van der Waals surface area contributed by atoms with Crippen LogP contribution in [-0.4, -0.2) is 44.0 Å². The average molecular weight is 652 g/mol. The van der Waals surface area contributed by atoms with E-state index < -0.39 is 6.36 Å². The molecule has 1 aromatic heterocycles. The van der Waals surface area contributed by atoms with E-state index in [9.17, 15) is 22.4 Å². The summed E-state index contributed by atoms with van der Waals surface area (Å²) >= 11 is 1.57. The Morgan fingerprint density at radius 2 is 1.83 bits per heavy atom. The van der Waals surface area contributed by atoms with Crippen LogP contribution in [0.4, 0.5) is 23.2 Å². The molecule has 0 N–H and O–H groups in total. The first kappa shape index (κ1) is 31.8. The number of amides is 1. The molecule has 1 aliphatic carbocycles. The monoisotopic (exact) mass is 651 g/mol. The van der Waals surface area contributed by atoms with Crippen molar-refractivity contribution in [1.82, 2.24) is 14.8 Å². The van der Waals surface area contributed by atoms with Gasteiger partial charge in [0, 0.05) is 29.5 Å². The summed E-state index contributed by atoms with van der Waals surface area (Å²) in [7, 11) is 0. The Labute approximate surface area is 268 Å². The molecule has 2 fully saturated rings. The van der Waals surface area contributed by atoms with E-state index in [0.717, 1.165) is 41.0 Å². The number of hydrogen-bond acceptors (Lipinski definition) is 5. The van der Waals surface area contributed by atoms with Crippen LogP contribution < -0.4 is 9.64 Å². The molecule has 7 nitrogen and oxygen atoms in total. The average Bonchev–Trinajstić information content (AvgIpc) is 3.58. The molecule has 2 aliphatic rings. The largest absolute Gasteiger partial charge is 0.573 e. The summed E-state index contributed by atoms with van der Waals surface area (Å²) in [6, 6.07) is 18.3. The third-order valence-corrected chi connectivity index (χ3v) is 9.27. The molecule has 46 heavy (non-hydrogen) atoms. The van der Waals surface area contributed by atoms with Gasteiger partial charge in [-0.2, -0.15) is 4.99 Å². The molecule has 2 heterocycles. The van der Waals surface area contributed by atoms with Gasteiger partial charge in [-0.25, -0.2) is 14.1 Å². The van der Waals surface area contributed by atoms with Gasteiger partial charge in [0.15, 0.2) is 11.0 Å². The summed E-state index contributed by atoms with van der Waals surface area (Å²) in [6.07, 6.45) is -1.05. The van der Waals surface area contributed by atoms with Gasteiger partial charge in [0.1, 0.15) is 17.9 Å². The molecule has 3 aromatic carbocycles. The lowest BCUT2D eigenvalue weighted by atomic mass is 9.99. The van der Waals surface area contributed by atoms with E-state index in [2.05, 4.69) is 31.6 Å². The Kier molecular flexibility index (Phi) is 8.91. The number of nitrogens with zero attached hydrogens (tertiary/aromatic N) is 5. The van der Waals surface area contributed by atoms with E-state index >= 15 is 0 Å². The summed E-state index contributed by atoms with van der Waals surface area (Å²) in [5.74, 6) is 1.21. The van der Waals surface area contributed by atoms with Crippen molar-refractivity contribution >= 4 is 28.5 Å². The minimum Gasteiger partial charge on any atom is -0.406 e. The quantitative estimate of drug-likeness (QED) is 0.178. The van der Waals surface area contributed by atoms with Gasteiger partial charge in [0.25, 0.3) is 0 Å². The lowest BCUT2D eigenvalue weighted by molar-refractivity contribution is -0.274. The zero-order valence-corrected chi connectivity index (χ0v) is 26.4. The van der Waals surface area contributed by atoms with Crippen LogP contribution in [0.5, 0.6) is 5.75 Å². The molecule has 1 aliphatic heterocycles. The molecule has 3 unspecified atom stereocenters. The second-order valence-electron chi connectivity index (χ2n) is 12.0. The number of carbonyl (C=O) groups excluding carboxylic acids is 1. The highest BCUT2D eigenvalue weighted by molar-refractivity contribution is 8.14. The van der Waals surface area contributed by atoms with Gasteiger partial charge in [-0.1, -0.05) is 49.9 Å². The maximum absolute atomic E-state index is 14.1. The van der Waals surface area contributed by atoms with Gasteiger partial charge in [0.05, 0.1) is 5.69 Å². The van der Waals surface area contributed by atoms with Crippen LogP contribution in [0.2, 0.25) is 0 Å². The minimum absolute atomic E-state index is 0.120. The topological polar surface area (TPSA) is 72.6 Å². The van der Waals surface area contributed by atoms with Crippen molar-refractivity contribution in [3.63, 3.8) is 0 Å². The van der Waals surface area contributed by atoms with Crippen LogP contribution in [-0.2, 0) is 4.79 Å². The van der Waals surface area contributed by atoms with E-state index in [1.807, 2.05) is 38.1 Å². The van der Waals surface area contributed by atoms with Crippen LogP contribution >= 0.6 is 11.8 Å². The number of alkyl halides is 3. The van der Waals surface area contributed by atoms with Gasteiger partial charge in [0.2, 0.25) is 5.91 Å². The first-order valence-electron chi connectivity index (χ1n) is 15.2. The van der Waals surface area contributed by atoms with E-state index in [1.54, 1.807) is 23.9 Å². The van der Waals surface area contributed by atoms with Crippen molar-refractivity contribution in [2.24, 2.45) is 10.9 Å². The smallest absolute Gasteiger partial charge is 0.406 e. The number of carbonyl (C=O) groups is 1. The number of aromatic nitrogens is 3. The van der Waals surface area contributed by atoms with Gasteiger partial charge >= 0.3 is 6.36 Å². The highest BCUT2D eigenvalue weighted by Gasteiger charge is 2.40.